The average molecular weight is 339 g/mol. The number of benzene rings is 1. The molecular formula is C10H11ClN2O7S. The third-order valence-corrected chi connectivity index (χ3v) is 4.16. The Balaban J connectivity index is 3.32. The molecule has 0 aliphatic carbocycles. The summed E-state index contributed by atoms with van der Waals surface area (Å²) in [6, 6.07) is 0.976. The Morgan fingerprint density at radius 3 is 2.48 bits per heavy atom. The van der Waals surface area contributed by atoms with Crippen LogP contribution in [0.3, 0.4) is 0 Å². The van der Waals surface area contributed by atoms with Crippen LogP contribution in [0.15, 0.2) is 23.1 Å². The maximum Gasteiger partial charge on any atom is 0.324 e. The topological polar surface area (TPSA) is 147 Å². The van der Waals surface area contributed by atoms with Crippen LogP contribution in [0.2, 0.25) is 5.02 Å². The molecule has 0 bridgehead atoms. The first kappa shape index (κ1) is 17.3. The Hall–Kier alpha value is -1.75. The fourth-order valence-electron chi connectivity index (χ4n) is 1.45. The minimum absolute atomic E-state index is 0.0500. The molecule has 0 saturated heterocycles. The standard InChI is InChI=1S/C10H11ClN2O7S/c1-5(14)9(10(15)16)12-21(19,20)8-3-2-6(11)4-7(8)13(17)18/h2-5,9,12,14H,1H3,(H,15,16)/t5-,9+/m1/s1. The number of nitrogens with one attached hydrogen (secondary N) is 1. The lowest BCUT2D eigenvalue weighted by Crippen LogP contribution is -2.47. The molecule has 0 aliphatic heterocycles. The third kappa shape index (κ3) is 4.11. The average Bonchev–Trinajstić information content (AvgIpc) is 2.34. The Morgan fingerprint density at radius 1 is 1.48 bits per heavy atom. The van der Waals surface area contributed by atoms with E-state index in [0.29, 0.717) is 0 Å². The van der Waals surface area contributed by atoms with Crippen LogP contribution >= 0.6 is 11.6 Å². The van der Waals surface area contributed by atoms with Crippen molar-refractivity contribution in [3.8, 4) is 0 Å². The number of nitro groups is 1. The first-order chi connectivity index (χ1) is 9.56. The molecule has 0 saturated carbocycles. The van der Waals surface area contributed by atoms with Crippen LogP contribution in [0.4, 0.5) is 5.69 Å². The molecule has 2 atom stereocenters. The van der Waals surface area contributed by atoms with E-state index in [4.69, 9.17) is 16.7 Å². The van der Waals surface area contributed by atoms with E-state index in [-0.39, 0.29) is 5.02 Å². The highest BCUT2D eigenvalue weighted by Gasteiger charge is 2.33. The second-order valence-electron chi connectivity index (χ2n) is 4.05. The van der Waals surface area contributed by atoms with E-state index in [1.165, 1.54) is 0 Å². The SMILES string of the molecule is C[C@@H](O)[C@H](NS(=O)(=O)c1ccc(Cl)cc1[N+](=O)[O-])C(=O)O. The third-order valence-electron chi connectivity index (χ3n) is 2.44. The van der Waals surface area contributed by atoms with Crippen molar-refractivity contribution in [3.05, 3.63) is 33.3 Å². The van der Waals surface area contributed by atoms with E-state index in [2.05, 4.69) is 0 Å². The molecule has 0 heterocycles. The second kappa shape index (κ2) is 6.35. The van der Waals surface area contributed by atoms with Crippen molar-refractivity contribution in [2.45, 2.75) is 24.0 Å². The summed E-state index contributed by atoms with van der Waals surface area (Å²) >= 11 is 5.56. The predicted octanol–water partition coefficient (Wildman–Crippen LogP) is 0.360. The molecule has 1 rings (SSSR count). The largest absolute Gasteiger partial charge is 0.480 e. The van der Waals surface area contributed by atoms with E-state index in [9.17, 15) is 28.4 Å². The van der Waals surface area contributed by atoms with E-state index in [1.807, 2.05) is 0 Å². The van der Waals surface area contributed by atoms with Gasteiger partial charge < -0.3 is 10.2 Å². The molecule has 3 N–H and O–H groups in total. The van der Waals surface area contributed by atoms with Crippen molar-refractivity contribution in [2.75, 3.05) is 0 Å². The van der Waals surface area contributed by atoms with Gasteiger partial charge in [-0.2, -0.15) is 4.72 Å². The number of nitro benzene ring substituents is 1. The number of aliphatic hydroxyl groups is 1. The Bertz CT molecular complexity index is 674. The van der Waals surface area contributed by atoms with Gasteiger partial charge in [0.2, 0.25) is 10.0 Å². The van der Waals surface area contributed by atoms with Crippen LogP contribution in [0.1, 0.15) is 6.92 Å². The Kier molecular flexibility index (Phi) is 5.23. The van der Waals surface area contributed by atoms with E-state index >= 15 is 0 Å². The molecule has 9 nitrogen and oxygen atoms in total. The lowest BCUT2D eigenvalue weighted by molar-refractivity contribution is -0.387. The highest BCUT2D eigenvalue weighted by molar-refractivity contribution is 7.89. The summed E-state index contributed by atoms with van der Waals surface area (Å²) < 4.78 is 25.8. The smallest absolute Gasteiger partial charge is 0.324 e. The number of carbonyl (C=O) groups is 1. The van der Waals surface area contributed by atoms with Crippen molar-refractivity contribution < 1.29 is 28.3 Å². The van der Waals surface area contributed by atoms with Crippen molar-refractivity contribution >= 4 is 33.3 Å². The quantitative estimate of drug-likeness (QED) is 0.501. The fraction of sp³-hybridized carbons (Fsp3) is 0.300. The number of nitrogens with zero attached hydrogens (tertiary/aromatic N) is 1. The molecule has 21 heavy (non-hydrogen) atoms. The van der Waals surface area contributed by atoms with E-state index < -0.39 is 43.6 Å². The van der Waals surface area contributed by atoms with E-state index in [1.54, 1.807) is 4.72 Å². The molecule has 0 fully saturated rings. The van der Waals surface area contributed by atoms with Crippen LogP contribution in [0, 0.1) is 10.1 Å². The van der Waals surface area contributed by atoms with Gasteiger partial charge in [-0.1, -0.05) is 11.6 Å². The number of carboxylic acids is 1. The zero-order valence-corrected chi connectivity index (χ0v) is 12.1. The summed E-state index contributed by atoms with van der Waals surface area (Å²) in [6.45, 7) is 1.07. The van der Waals surface area contributed by atoms with Gasteiger partial charge in [0.15, 0.2) is 4.90 Å². The Morgan fingerprint density at radius 2 is 2.05 bits per heavy atom. The van der Waals surface area contributed by atoms with Crippen LogP contribution in [-0.2, 0) is 14.8 Å². The van der Waals surface area contributed by atoms with Gasteiger partial charge in [0, 0.05) is 11.1 Å². The van der Waals surface area contributed by atoms with Gasteiger partial charge in [-0.3, -0.25) is 14.9 Å². The number of hydrogen-bond acceptors (Lipinski definition) is 6. The highest BCUT2D eigenvalue weighted by Crippen LogP contribution is 2.27. The molecule has 0 amide bonds. The van der Waals surface area contributed by atoms with Crippen LogP contribution in [0.25, 0.3) is 0 Å². The maximum absolute atomic E-state index is 12.1. The van der Waals surface area contributed by atoms with Crippen LogP contribution in [-0.4, -0.2) is 41.7 Å². The van der Waals surface area contributed by atoms with Crippen molar-refractivity contribution in [1.29, 1.82) is 0 Å². The number of aliphatic hydroxyl groups excluding tert-OH is 1. The first-order valence-electron chi connectivity index (χ1n) is 5.43. The number of rotatable bonds is 6. The number of halogens is 1. The van der Waals surface area contributed by atoms with E-state index in [0.717, 1.165) is 25.1 Å². The normalized spacial score (nSPS) is 14.4. The zero-order valence-electron chi connectivity index (χ0n) is 10.6. The minimum atomic E-state index is -4.53. The maximum atomic E-state index is 12.1. The molecular weight excluding hydrogens is 328 g/mol. The van der Waals surface area contributed by atoms with Crippen molar-refractivity contribution in [1.82, 2.24) is 4.72 Å². The van der Waals surface area contributed by atoms with Gasteiger partial charge in [0.05, 0.1) is 11.0 Å². The Labute approximate surface area is 124 Å². The van der Waals surface area contributed by atoms with Gasteiger partial charge >= 0.3 is 5.97 Å². The lowest BCUT2D eigenvalue weighted by atomic mass is 10.2. The summed E-state index contributed by atoms with van der Waals surface area (Å²) in [4.78, 5) is 20.0. The van der Waals surface area contributed by atoms with Gasteiger partial charge in [-0.15, -0.1) is 0 Å². The molecule has 1 aromatic rings. The van der Waals surface area contributed by atoms with Gasteiger partial charge in [0.1, 0.15) is 6.04 Å². The summed E-state index contributed by atoms with van der Waals surface area (Å²) in [5, 5.41) is 28.9. The monoisotopic (exact) mass is 338 g/mol. The molecule has 0 aliphatic rings. The van der Waals surface area contributed by atoms with Gasteiger partial charge in [-0.25, -0.2) is 8.42 Å². The fourth-order valence-corrected chi connectivity index (χ4v) is 3.03. The highest BCUT2D eigenvalue weighted by atomic mass is 35.5. The predicted molar refractivity (Wildman–Crippen MR) is 71.5 cm³/mol. The number of aliphatic carboxylic acids is 1. The van der Waals surface area contributed by atoms with Crippen molar-refractivity contribution in [3.63, 3.8) is 0 Å². The van der Waals surface area contributed by atoms with Gasteiger partial charge in [-0.05, 0) is 19.1 Å². The summed E-state index contributed by atoms with van der Waals surface area (Å²) in [5.41, 5.74) is -0.801. The molecule has 116 valence electrons. The molecule has 0 aromatic heterocycles. The minimum Gasteiger partial charge on any atom is -0.480 e. The number of carboxylic acid groups (broad SMARTS) is 1. The first-order valence-corrected chi connectivity index (χ1v) is 7.29. The molecule has 0 radical (unpaired) electrons. The summed E-state index contributed by atoms with van der Waals surface area (Å²) in [6.07, 6.45) is -1.54. The lowest BCUT2D eigenvalue weighted by Gasteiger charge is -2.17. The number of sulfonamides is 1. The van der Waals surface area contributed by atoms with Crippen LogP contribution < -0.4 is 4.72 Å². The zero-order chi connectivity index (χ0) is 16.4. The summed E-state index contributed by atoms with van der Waals surface area (Å²) in [5.74, 6) is -1.62. The molecule has 1 aromatic carbocycles. The van der Waals surface area contributed by atoms with Crippen LogP contribution in [0.5, 0.6) is 0 Å². The molecule has 0 unspecified atom stereocenters. The van der Waals surface area contributed by atoms with Gasteiger partial charge in [0.25, 0.3) is 5.69 Å². The van der Waals surface area contributed by atoms with Crippen molar-refractivity contribution in [2.24, 2.45) is 0 Å². The molecule has 11 heteroatoms. The summed E-state index contributed by atoms with van der Waals surface area (Å²) in [7, 11) is -4.53. The number of hydrogen-bond donors (Lipinski definition) is 3. The second-order valence-corrected chi connectivity index (χ2v) is 6.17. The molecule has 0 spiro atoms.